The quantitative estimate of drug-likeness (QED) is 0.367. The molecule has 5 heteroatoms. The Labute approximate surface area is 82.6 Å². The van der Waals surface area contributed by atoms with Crippen molar-refractivity contribution in [3.05, 3.63) is 0 Å². The molecule has 0 aliphatic carbocycles. The minimum absolute atomic E-state index is 0.0214. The second-order valence-electron chi connectivity index (χ2n) is 3.08. The van der Waals surface area contributed by atoms with Crippen molar-refractivity contribution >= 4 is 11.8 Å². The smallest absolute Gasteiger partial charge is 0.234 e. The summed E-state index contributed by atoms with van der Waals surface area (Å²) in [5, 5.41) is 8.12. The molecule has 1 saturated heterocycles. The maximum Gasteiger partial charge on any atom is 0.234 e. The molecule has 1 atom stereocenters. The molecule has 1 rings (SSSR count). The van der Waals surface area contributed by atoms with Crippen LogP contribution in [0.15, 0.2) is 0 Å². The maximum absolute atomic E-state index is 11.2. The molecule has 5 nitrogen and oxygen atoms in total. The molecule has 14 heavy (non-hydrogen) atoms. The molecular formula is C9H13N3O2. The van der Waals surface area contributed by atoms with Gasteiger partial charge in [0.15, 0.2) is 0 Å². The Kier molecular flexibility index (Phi) is 3.95. The van der Waals surface area contributed by atoms with Crippen LogP contribution < -0.4 is 16.0 Å². The van der Waals surface area contributed by atoms with E-state index in [2.05, 4.69) is 21.9 Å². The van der Waals surface area contributed by atoms with Crippen LogP contribution in [0.3, 0.4) is 0 Å². The predicted octanol–water partition coefficient (Wildman–Crippen LogP) is -1.79. The van der Waals surface area contributed by atoms with E-state index >= 15 is 0 Å². The van der Waals surface area contributed by atoms with Crippen molar-refractivity contribution in [1.82, 2.24) is 16.0 Å². The second-order valence-corrected chi connectivity index (χ2v) is 3.08. The fourth-order valence-electron chi connectivity index (χ4n) is 1.23. The fourth-order valence-corrected chi connectivity index (χ4v) is 1.23. The molecule has 0 spiro atoms. The Bertz CT molecular complexity index is 270. The highest BCUT2D eigenvalue weighted by Gasteiger charge is 2.22. The lowest BCUT2D eigenvalue weighted by Crippen LogP contribution is -2.41. The zero-order valence-corrected chi connectivity index (χ0v) is 7.80. The van der Waals surface area contributed by atoms with E-state index < -0.39 is 0 Å². The summed E-state index contributed by atoms with van der Waals surface area (Å²) < 4.78 is 0. The van der Waals surface area contributed by atoms with E-state index in [0.717, 1.165) is 0 Å². The largest absolute Gasteiger partial charge is 0.354 e. The third-order valence-corrected chi connectivity index (χ3v) is 1.86. The monoisotopic (exact) mass is 195 g/mol. The third kappa shape index (κ3) is 3.46. The molecule has 1 heterocycles. The van der Waals surface area contributed by atoms with E-state index in [1.807, 2.05) is 0 Å². The van der Waals surface area contributed by atoms with E-state index in [9.17, 15) is 9.59 Å². The lowest BCUT2D eigenvalue weighted by Gasteiger charge is -2.09. The molecular weight excluding hydrogens is 182 g/mol. The summed E-state index contributed by atoms with van der Waals surface area (Å²) in [7, 11) is 0. The molecule has 2 amide bonds. The van der Waals surface area contributed by atoms with Crippen LogP contribution in [0, 0.1) is 12.3 Å². The van der Waals surface area contributed by atoms with Gasteiger partial charge in [0.1, 0.15) is 0 Å². The minimum Gasteiger partial charge on any atom is -0.354 e. The molecule has 0 saturated carbocycles. The number of amides is 2. The van der Waals surface area contributed by atoms with Crippen LogP contribution in [0.4, 0.5) is 0 Å². The first-order valence-electron chi connectivity index (χ1n) is 4.42. The number of carbonyl (C=O) groups is 2. The second kappa shape index (κ2) is 5.25. The van der Waals surface area contributed by atoms with Crippen molar-refractivity contribution in [2.45, 2.75) is 12.5 Å². The van der Waals surface area contributed by atoms with Crippen LogP contribution in [0.25, 0.3) is 0 Å². The summed E-state index contributed by atoms with van der Waals surface area (Å²) in [6.45, 7) is 1.07. The summed E-state index contributed by atoms with van der Waals surface area (Å²) in [4.78, 5) is 22.0. The molecule has 1 unspecified atom stereocenters. The van der Waals surface area contributed by atoms with Crippen LogP contribution >= 0.6 is 0 Å². The Morgan fingerprint density at radius 2 is 2.50 bits per heavy atom. The van der Waals surface area contributed by atoms with Crippen molar-refractivity contribution in [2.24, 2.45) is 0 Å². The van der Waals surface area contributed by atoms with Gasteiger partial charge in [-0.1, -0.05) is 5.92 Å². The van der Waals surface area contributed by atoms with E-state index in [0.29, 0.717) is 19.5 Å². The number of hydrogen-bond donors (Lipinski definition) is 3. The Morgan fingerprint density at radius 1 is 1.71 bits per heavy atom. The molecule has 0 aromatic heterocycles. The lowest BCUT2D eigenvalue weighted by molar-refractivity contribution is -0.120. The first-order valence-corrected chi connectivity index (χ1v) is 4.42. The normalized spacial score (nSPS) is 19.9. The number of rotatable bonds is 4. The van der Waals surface area contributed by atoms with E-state index in [-0.39, 0.29) is 24.4 Å². The maximum atomic E-state index is 11.2. The van der Waals surface area contributed by atoms with Gasteiger partial charge in [-0.2, -0.15) is 0 Å². The van der Waals surface area contributed by atoms with Gasteiger partial charge in [0.05, 0.1) is 19.1 Å². The average Bonchev–Trinajstić information content (AvgIpc) is 2.52. The summed E-state index contributed by atoms with van der Waals surface area (Å²) in [5.74, 6) is 2.21. The summed E-state index contributed by atoms with van der Waals surface area (Å²) in [5.41, 5.74) is 0. The average molecular weight is 195 g/mol. The molecule has 1 fully saturated rings. The van der Waals surface area contributed by atoms with Gasteiger partial charge in [-0.05, 0) is 0 Å². The van der Waals surface area contributed by atoms with Crippen molar-refractivity contribution in [3.8, 4) is 12.3 Å². The molecule has 76 valence electrons. The molecule has 0 radical (unpaired) electrons. The van der Waals surface area contributed by atoms with Crippen LogP contribution in [0.5, 0.6) is 0 Å². The van der Waals surface area contributed by atoms with Gasteiger partial charge in [-0.15, -0.1) is 6.42 Å². The van der Waals surface area contributed by atoms with Gasteiger partial charge < -0.3 is 10.6 Å². The minimum atomic E-state index is -0.137. The van der Waals surface area contributed by atoms with Crippen molar-refractivity contribution in [2.75, 3.05) is 19.6 Å². The first kappa shape index (κ1) is 10.5. The van der Waals surface area contributed by atoms with Gasteiger partial charge in [0, 0.05) is 13.0 Å². The van der Waals surface area contributed by atoms with E-state index in [1.54, 1.807) is 0 Å². The Balaban J connectivity index is 2.14. The highest BCUT2D eigenvalue weighted by molar-refractivity contribution is 5.82. The molecule has 3 N–H and O–H groups in total. The van der Waals surface area contributed by atoms with Crippen molar-refractivity contribution in [3.63, 3.8) is 0 Å². The lowest BCUT2D eigenvalue weighted by atomic mass is 10.2. The SMILES string of the molecule is C#CCNCC(=O)NC1CNC(=O)C1. The van der Waals surface area contributed by atoms with Crippen LogP contribution in [-0.4, -0.2) is 37.5 Å². The standard InChI is InChI=1S/C9H13N3O2/c1-2-3-10-6-9(14)12-7-4-8(13)11-5-7/h1,7,10H,3-6H2,(H,11,13)(H,12,14). The summed E-state index contributed by atoms with van der Waals surface area (Å²) >= 11 is 0. The van der Waals surface area contributed by atoms with Crippen molar-refractivity contribution < 1.29 is 9.59 Å². The Hall–Kier alpha value is -1.54. The zero-order valence-electron chi connectivity index (χ0n) is 7.80. The number of carbonyl (C=O) groups excluding carboxylic acids is 2. The molecule has 1 aliphatic heterocycles. The molecule has 0 aromatic carbocycles. The van der Waals surface area contributed by atoms with Gasteiger partial charge in [-0.25, -0.2) is 0 Å². The van der Waals surface area contributed by atoms with Crippen LogP contribution in [0.1, 0.15) is 6.42 Å². The van der Waals surface area contributed by atoms with Crippen LogP contribution in [0.2, 0.25) is 0 Å². The number of nitrogens with one attached hydrogen (secondary N) is 3. The molecule has 0 aromatic rings. The molecule has 0 bridgehead atoms. The van der Waals surface area contributed by atoms with Crippen LogP contribution in [-0.2, 0) is 9.59 Å². The Morgan fingerprint density at radius 3 is 3.07 bits per heavy atom. The number of hydrogen-bond acceptors (Lipinski definition) is 3. The van der Waals surface area contributed by atoms with Gasteiger partial charge in [0.2, 0.25) is 11.8 Å². The topological polar surface area (TPSA) is 70.2 Å². The van der Waals surface area contributed by atoms with Gasteiger partial charge in [-0.3, -0.25) is 14.9 Å². The highest BCUT2D eigenvalue weighted by atomic mass is 16.2. The van der Waals surface area contributed by atoms with Gasteiger partial charge in [0.25, 0.3) is 0 Å². The van der Waals surface area contributed by atoms with E-state index in [4.69, 9.17) is 6.42 Å². The highest BCUT2D eigenvalue weighted by Crippen LogP contribution is 1.97. The summed E-state index contributed by atoms with van der Waals surface area (Å²) in [6, 6.07) is -0.0809. The van der Waals surface area contributed by atoms with Crippen molar-refractivity contribution in [1.29, 1.82) is 0 Å². The third-order valence-electron chi connectivity index (χ3n) is 1.86. The fraction of sp³-hybridized carbons (Fsp3) is 0.556. The van der Waals surface area contributed by atoms with E-state index in [1.165, 1.54) is 0 Å². The number of terminal acetylenes is 1. The molecule has 1 aliphatic rings. The predicted molar refractivity (Wildman–Crippen MR) is 51.3 cm³/mol. The van der Waals surface area contributed by atoms with Gasteiger partial charge >= 0.3 is 0 Å². The summed E-state index contributed by atoms with van der Waals surface area (Å²) in [6.07, 6.45) is 5.36. The first-order chi connectivity index (χ1) is 6.72. The zero-order chi connectivity index (χ0) is 10.4.